The van der Waals surface area contributed by atoms with Crippen LogP contribution in [0, 0.1) is 13.8 Å². The Labute approximate surface area is 182 Å². The Bertz CT molecular complexity index is 1200. The molecule has 0 aliphatic carbocycles. The van der Waals surface area contributed by atoms with E-state index in [1.54, 1.807) is 0 Å². The number of nitrogens with zero attached hydrogens (tertiary/aromatic N) is 2. The van der Waals surface area contributed by atoms with Crippen LogP contribution < -0.4 is 14.9 Å². The number of ether oxygens (including phenoxy) is 2. The molecule has 0 saturated carbocycles. The highest BCUT2D eigenvalue weighted by molar-refractivity contribution is 5.85. The Hall–Kier alpha value is -3.75. The van der Waals surface area contributed by atoms with Gasteiger partial charge in [0.1, 0.15) is 0 Å². The summed E-state index contributed by atoms with van der Waals surface area (Å²) in [6.07, 6.45) is -3.15. The lowest BCUT2D eigenvalue weighted by molar-refractivity contribution is -0.137. The number of aromatic nitrogens is 1. The number of rotatable bonds is 5. The molecular weight excluding hydrogens is 423 g/mol. The van der Waals surface area contributed by atoms with E-state index in [1.807, 2.05) is 42.7 Å². The fourth-order valence-electron chi connectivity index (χ4n) is 3.60. The molecule has 0 unspecified atom stereocenters. The van der Waals surface area contributed by atoms with Crippen molar-refractivity contribution in [3.05, 3.63) is 76.6 Å². The van der Waals surface area contributed by atoms with Crippen LogP contribution in [0.1, 0.15) is 28.1 Å². The van der Waals surface area contributed by atoms with Crippen LogP contribution in [-0.4, -0.2) is 23.5 Å². The fourth-order valence-corrected chi connectivity index (χ4v) is 3.60. The third kappa shape index (κ3) is 4.46. The number of hydrogen-bond acceptors (Lipinski definition) is 4. The van der Waals surface area contributed by atoms with Gasteiger partial charge in [-0.1, -0.05) is 18.2 Å². The van der Waals surface area contributed by atoms with Gasteiger partial charge < -0.3 is 14.0 Å². The standard InChI is InChI=1S/C23H20F3N3O3/c1-14-8-17(15(2)29(14)19-6-7-20-21(11-19)32-13-31-20)12-27-28-22(30)10-16-4-3-5-18(9-16)23(24,25)26/h3-9,11-12H,10,13H2,1-2H3,(H,28,30)/b27-12+. The van der Waals surface area contributed by atoms with Gasteiger partial charge in [0.2, 0.25) is 12.7 Å². The van der Waals surface area contributed by atoms with Crippen molar-refractivity contribution in [1.29, 1.82) is 0 Å². The molecule has 4 rings (SSSR count). The molecule has 0 saturated heterocycles. The van der Waals surface area contributed by atoms with Crippen LogP contribution in [0.25, 0.3) is 5.69 Å². The monoisotopic (exact) mass is 443 g/mol. The maximum absolute atomic E-state index is 12.8. The molecule has 0 spiro atoms. The Morgan fingerprint density at radius 2 is 1.91 bits per heavy atom. The molecule has 1 aliphatic rings. The van der Waals surface area contributed by atoms with Gasteiger partial charge in [-0.05, 0) is 43.7 Å². The third-order valence-corrected chi connectivity index (χ3v) is 5.10. The summed E-state index contributed by atoms with van der Waals surface area (Å²) < 4.78 is 51.3. The van der Waals surface area contributed by atoms with Crippen LogP contribution in [0.5, 0.6) is 11.5 Å². The first kappa shape index (κ1) is 21.5. The number of hydrogen-bond donors (Lipinski definition) is 1. The second-order valence-electron chi connectivity index (χ2n) is 7.37. The lowest BCUT2D eigenvalue weighted by atomic mass is 10.1. The van der Waals surface area contributed by atoms with Crippen LogP contribution >= 0.6 is 0 Å². The van der Waals surface area contributed by atoms with Crippen molar-refractivity contribution >= 4 is 12.1 Å². The molecule has 1 amide bonds. The predicted molar refractivity (Wildman–Crippen MR) is 112 cm³/mol. The van der Waals surface area contributed by atoms with Crippen molar-refractivity contribution in [3.63, 3.8) is 0 Å². The second-order valence-corrected chi connectivity index (χ2v) is 7.37. The minimum absolute atomic E-state index is 0.195. The van der Waals surface area contributed by atoms with Gasteiger partial charge in [-0.25, -0.2) is 5.43 Å². The van der Waals surface area contributed by atoms with E-state index >= 15 is 0 Å². The van der Waals surface area contributed by atoms with Gasteiger partial charge in [-0.2, -0.15) is 18.3 Å². The maximum Gasteiger partial charge on any atom is 0.416 e. The lowest BCUT2D eigenvalue weighted by Crippen LogP contribution is -2.20. The lowest BCUT2D eigenvalue weighted by Gasteiger charge is -2.10. The molecule has 1 aliphatic heterocycles. The number of benzene rings is 2. The van der Waals surface area contributed by atoms with Crippen LogP contribution in [0.2, 0.25) is 0 Å². The summed E-state index contributed by atoms with van der Waals surface area (Å²) in [4.78, 5) is 12.1. The number of halogens is 3. The zero-order valence-corrected chi connectivity index (χ0v) is 17.4. The van der Waals surface area contributed by atoms with Gasteiger partial charge >= 0.3 is 6.18 Å². The smallest absolute Gasteiger partial charge is 0.416 e. The molecule has 1 aromatic heterocycles. The van der Waals surface area contributed by atoms with Gasteiger partial charge in [0.05, 0.1) is 18.2 Å². The molecule has 9 heteroatoms. The summed E-state index contributed by atoms with van der Waals surface area (Å²) in [6.45, 7) is 4.06. The number of nitrogens with one attached hydrogen (secondary N) is 1. The SMILES string of the molecule is Cc1cc(/C=N/NC(=O)Cc2cccc(C(F)(F)F)c2)c(C)n1-c1ccc2c(c1)OCO2. The summed E-state index contributed by atoms with van der Waals surface area (Å²) in [5, 5.41) is 3.97. The predicted octanol–water partition coefficient (Wildman–Crippen LogP) is 4.53. The summed E-state index contributed by atoms with van der Waals surface area (Å²) in [7, 11) is 0. The Kier molecular flexibility index (Phi) is 5.65. The largest absolute Gasteiger partial charge is 0.454 e. The van der Waals surface area contributed by atoms with E-state index in [0.717, 1.165) is 34.8 Å². The minimum atomic E-state index is -4.45. The molecule has 0 fully saturated rings. The number of alkyl halides is 3. The molecule has 6 nitrogen and oxygen atoms in total. The Balaban J connectivity index is 1.44. The molecule has 32 heavy (non-hydrogen) atoms. The fraction of sp³-hybridized carbons (Fsp3) is 0.217. The molecule has 2 aromatic carbocycles. The van der Waals surface area contributed by atoms with Gasteiger partial charge in [0.15, 0.2) is 11.5 Å². The van der Waals surface area contributed by atoms with E-state index in [9.17, 15) is 18.0 Å². The molecule has 166 valence electrons. The number of amides is 1. The van der Waals surface area contributed by atoms with E-state index in [2.05, 4.69) is 10.5 Å². The molecule has 2 heterocycles. The van der Waals surface area contributed by atoms with Crippen LogP contribution in [0.15, 0.2) is 53.6 Å². The van der Waals surface area contributed by atoms with Crippen LogP contribution in [0.3, 0.4) is 0 Å². The van der Waals surface area contributed by atoms with Gasteiger partial charge in [0, 0.05) is 28.7 Å². The van der Waals surface area contributed by atoms with E-state index in [1.165, 1.54) is 18.3 Å². The molecular formula is C23H20F3N3O3. The third-order valence-electron chi connectivity index (χ3n) is 5.10. The van der Waals surface area contributed by atoms with Crippen molar-refractivity contribution in [2.75, 3.05) is 6.79 Å². The summed E-state index contributed by atoms with van der Waals surface area (Å²) in [6, 6.07) is 12.3. The normalized spacial score (nSPS) is 13.0. The van der Waals surface area contributed by atoms with Gasteiger partial charge in [-0.3, -0.25) is 4.79 Å². The average Bonchev–Trinajstić information content (AvgIpc) is 3.31. The maximum atomic E-state index is 12.8. The Morgan fingerprint density at radius 1 is 1.12 bits per heavy atom. The highest BCUT2D eigenvalue weighted by Gasteiger charge is 2.30. The van der Waals surface area contributed by atoms with Gasteiger partial charge in [0.25, 0.3) is 0 Å². The summed E-state index contributed by atoms with van der Waals surface area (Å²) in [5.41, 5.74) is 5.39. The second kappa shape index (κ2) is 8.41. The molecule has 0 atom stereocenters. The van der Waals surface area contributed by atoms with E-state index in [0.29, 0.717) is 11.5 Å². The van der Waals surface area contributed by atoms with E-state index in [-0.39, 0.29) is 18.8 Å². The number of fused-ring (bicyclic) bond motifs is 1. The topological polar surface area (TPSA) is 64.9 Å². The zero-order valence-electron chi connectivity index (χ0n) is 17.4. The van der Waals surface area contributed by atoms with E-state index in [4.69, 9.17) is 9.47 Å². The van der Waals surface area contributed by atoms with Crippen molar-refractivity contribution in [2.24, 2.45) is 5.10 Å². The first-order chi connectivity index (χ1) is 15.2. The van der Waals surface area contributed by atoms with Gasteiger partial charge in [-0.15, -0.1) is 0 Å². The first-order valence-corrected chi connectivity index (χ1v) is 9.79. The van der Waals surface area contributed by atoms with Crippen molar-refractivity contribution < 1.29 is 27.4 Å². The average molecular weight is 443 g/mol. The number of carbonyl (C=O) groups excluding carboxylic acids is 1. The minimum Gasteiger partial charge on any atom is -0.454 e. The molecule has 3 aromatic rings. The highest BCUT2D eigenvalue weighted by atomic mass is 19.4. The van der Waals surface area contributed by atoms with Crippen molar-refractivity contribution in [2.45, 2.75) is 26.4 Å². The summed E-state index contributed by atoms with van der Waals surface area (Å²) in [5.74, 6) is 0.860. The zero-order chi connectivity index (χ0) is 22.9. The quantitative estimate of drug-likeness (QED) is 0.465. The number of aryl methyl sites for hydroxylation is 1. The Morgan fingerprint density at radius 3 is 2.69 bits per heavy atom. The van der Waals surface area contributed by atoms with Crippen molar-refractivity contribution in [1.82, 2.24) is 9.99 Å². The highest BCUT2D eigenvalue weighted by Crippen LogP contribution is 2.34. The van der Waals surface area contributed by atoms with Crippen molar-refractivity contribution in [3.8, 4) is 17.2 Å². The van der Waals surface area contributed by atoms with Crippen LogP contribution in [0.4, 0.5) is 13.2 Å². The first-order valence-electron chi connectivity index (χ1n) is 9.79. The number of carbonyl (C=O) groups is 1. The number of hydrazone groups is 1. The molecule has 0 bridgehead atoms. The van der Waals surface area contributed by atoms with Crippen LogP contribution in [-0.2, 0) is 17.4 Å². The summed E-state index contributed by atoms with van der Waals surface area (Å²) >= 11 is 0. The molecule has 1 N–H and O–H groups in total. The molecule has 0 radical (unpaired) electrons. The van der Waals surface area contributed by atoms with E-state index < -0.39 is 17.6 Å².